The lowest BCUT2D eigenvalue weighted by atomic mass is 9.95. The third kappa shape index (κ3) is 5.35. The summed E-state index contributed by atoms with van der Waals surface area (Å²) in [6.07, 6.45) is 7.38. The summed E-state index contributed by atoms with van der Waals surface area (Å²) in [5.41, 5.74) is 1.26. The highest BCUT2D eigenvalue weighted by Crippen LogP contribution is 2.20. The van der Waals surface area contributed by atoms with Gasteiger partial charge in [-0.05, 0) is 38.2 Å². The Hall–Kier alpha value is -1.12. The van der Waals surface area contributed by atoms with Crippen molar-refractivity contribution >= 4 is 11.8 Å². The largest absolute Gasteiger partial charge is 0.466 e. The highest BCUT2D eigenvalue weighted by Gasteiger charge is 2.09. The molecule has 0 aliphatic heterocycles. The van der Waals surface area contributed by atoms with Crippen molar-refractivity contribution in [2.24, 2.45) is 0 Å². The highest BCUT2D eigenvalue weighted by atomic mass is 16.5. The Kier molecular flexibility index (Phi) is 5.08. The first kappa shape index (κ1) is 12.0. The molecule has 0 fully saturated rings. The van der Waals surface area contributed by atoms with Gasteiger partial charge in [0.15, 0.2) is 5.78 Å². The van der Waals surface area contributed by atoms with E-state index in [2.05, 4.69) is 0 Å². The second-order valence-corrected chi connectivity index (χ2v) is 3.92. The Morgan fingerprint density at radius 2 is 2.20 bits per heavy atom. The van der Waals surface area contributed by atoms with E-state index in [1.54, 1.807) is 6.08 Å². The van der Waals surface area contributed by atoms with E-state index in [-0.39, 0.29) is 11.8 Å². The van der Waals surface area contributed by atoms with Gasteiger partial charge in [0.25, 0.3) is 0 Å². The minimum atomic E-state index is -0.220. The molecule has 0 heterocycles. The monoisotopic (exact) mass is 210 g/mol. The predicted molar refractivity (Wildman–Crippen MR) is 57.4 cm³/mol. The van der Waals surface area contributed by atoms with E-state index in [0.29, 0.717) is 13.0 Å². The molecule has 0 atom stereocenters. The van der Waals surface area contributed by atoms with Crippen molar-refractivity contribution in [2.75, 3.05) is 6.61 Å². The minimum absolute atomic E-state index is 0.220. The SMILES string of the molecule is CC(=O)OCCCCC1=CC(=O)CCC1. The Labute approximate surface area is 90.5 Å². The maximum atomic E-state index is 11.1. The fraction of sp³-hybridized carbons (Fsp3) is 0.667. The van der Waals surface area contributed by atoms with Gasteiger partial charge in [-0.3, -0.25) is 9.59 Å². The summed E-state index contributed by atoms with van der Waals surface area (Å²) in [5, 5.41) is 0. The van der Waals surface area contributed by atoms with E-state index >= 15 is 0 Å². The Morgan fingerprint density at radius 3 is 2.87 bits per heavy atom. The van der Waals surface area contributed by atoms with Crippen LogP contribution in [0.1, 0.15) is 45.4 Å². The average molecular weight is 210 g/mol. The van der Waals surface area contributed by atoms with Gasteiger partial charge in [0.2, 0.25) is 0 Å². The van der Waals surface area contributed by atoms with Crippen molar-refractivity contribution in [3.8, 4) is 0 Å². The van der Waals surface area contributed by atoms with E-state index in [0.717, 1.165) is 32.1 Å². The molecule has 1 rings (SSSR count). The summed E-state index contributed by atoms with van der Waals surface area (Å²) >= 11 is 0. The lowest BCUT2D eigenvalue weighted by molar-refractivity contribution is -0.141. The average Bonchev–Trinajstić information content (AvgIpc) is 2.17. The normalized spacial score (nSPS) is 16.1. The van der Waals surface area contributed by atoms with Crippen LogP contribution in [0.25, 0.3) is 0 Å². The topological polar surface area (TPSA) is 43.4 Å². The molecule has 0 saturated heterocycles. The molecule has 0 saturated carbocycles. The van der Waals surface area contributed by atoms with Gasteiger partial charge in [0.05, 0.1) is 6.61 Å². The molecule has 0 bridgehead atoms. The zero-order valence-corrected chi connectivity index (χ0v) is 9.25. The molecule has 3 nitrogen and oxygen atoms in total. The lowest BCUT2D eigenvalue weighted by Crippen LogP contribution is -2.04. The lowest BCUT2D eigenvalue weighted by Gasteiger charge is -2.11. The van der Waals surface area contributed by atoms with Crippen LogP contribution in [0.3, 0.4) is 0 Å². The van der Waals surface area contributed by atoms with Gasteiger partial charge in [0.1, 0.15) is 0 Å². The minimum Gasteiger partial charge on any atom is -0.466 e. The fourth-order valence-corrected chi connectivity index (χ4v) is 1.73. The van der Waals surface area contributed by atoms with Gasteiger partial charge in [-0.2, -0.15) is 0 Å². The quantitative estimate of drug-likeness (QED) is 0.517. The maximum Gasteiger partial charge on any atom is 0.302 e. The molecular weight excluding hydrogens is 192 g/mol. The predicted octanol–water partition coefficient (Wildman–Crippen LogP) is 2.40. The molecule has 0 aromatic rings. The number of hydrogen-bond donors (Lipinski definition) is 0. The second-order valence-electron chi connectivity index (χ2n) is 3.92. The van der Waals surface area contributed by atoms with Gasteiger partial charge >= 0.3 is 5.97 Å². The second kappa shape index (κ2) is 6.38. The number of rotatable bonds is 5. The van der Waals surface area contributed by atoms with Crippen LogP contribution in [-0.4, -0.2) is 18.4 Å². The van der Waals surface area contributed by atoms with Crippen molar-refractivity contribution in [1.82, 2.24) is 0 Å². The van der Waals surface area contributed by atoms with E-state index in [1.807, 2.05) is 0 Å². The molecule has 84 valence electrons. The maximum absolute atomic E-state index is 11.1. The van der Waals surface area contributed by atoms with Crippen LogP contribution < -0.4 is 0 Å². The Balaban J connectivity index is 2.09. The number of carbonyl (C=O) groups is 2. The van der Waals surface area contributed by atoms with Gasteiger partial charge in [-0.25, -0.2) is 0 Å². The van der Waals surface area contributed by atoms with Gasteiger partial charge in [-0.15, -0.1) is 0 Å². The van der Waals surface area contributed by atoms with E-state index in [1.165, 1.54) is 12.5 Å². The van der Waals surface area contributed by atoms with E-state index in [4.69, 9.17) is 4.74 Å². The molecule has 1 aliphatic carbocycles. The van der Waals surface area contributed by atoms with Crippen LogP contribution >= 0.6 is 0 Å². The summed E-state index contributed by atoms with van der Waals surface area (Å²) in [7, 11) is 0. The molecule has 15 heavy (non-hydrogen) atoms. The van der Waals surface area contributed by atoms with Crippen molar-refractivity contribution in [3.05, 3.63) is 11.6 Å². The molecule has 0 aromatic carbocycles. The number of unbranched alkanes of at least 4 members (excludes halogenated alkanes) is 1. The first-order valence-corrected chi connectivity index (χ1v) is 5.54. The summed E-state index contributed by atoms with van der Waals surface area (Å²) < 4.78 is 4.83. The molecule has 3 heteroatoms. The van der Waals surface area contributed by atoms with Crippen molar-refractivity contribution < 1.29 is 14.3 Å². The molecule has 0 radical (unpaired) electrons. The van der Waals surface area contributed by atoms with Crippen molar-refractivity contribution in [2.45, 2.75) is 45.4 Å². The van der Waals surface area contributed by atoms with Crippen LogP contribution in [0, 0.1) is 0 Å². The van der Waals surface area contributed by atoms with Gasteiger partial charge in [-0.1, -0.05) is 5.57 Å². The summed E-state index contributed by atoms with van der Waals surface area (Å²) in [5.74, 6) is 0.0401. The van der Waals surface area contributed by atoms with Crippen LogP contribution in [0.2, 0.25) is 0 Å². The summed E-state index contributed by atoms with van der Waals surface area (Å²) in [6, 6.07) is 0. The molecule has 0 N–H and O–H groups in total. The van der Waals surface area contributed by atoms with Crippen LogP contribution in [0.5, 0.6) is 0 Å². The number of allylic oxidation sites excluding steroid dienone is 2. The Morgan fingerprint density at radius 1 is 1.40 bits per heavy atom. The first-order chi connectivity index (χ1) is 7.18. The van der Waals surface area contributed by atoms with Gasteiger partial charge < -0.3 is 4.74 Å². The van der Waals surface area contributed by atoms with Crippen LogP contribution in [-0.2, 0) is 14.3 Å². The summed E-state index contributed by atoms with van der Waals surface area (Å²) in [6.45, 7) is 1.92. The third-order valence-corrected chi connectivity index (χ3v) is 2.48. The molecule has 0 aromatic heterocycles. The van der Waals surface area contributed by atoms with Crippen molar-refractivity contribution in [1.29, 1.82) is 0 Å². The standard InChI is InChI=1S/C12H18O3/c1-10(13)15-8-3-2-5-11-6-4-7-12(14)9-11/h9H,2-8H2,1H3. The van der Waals surface area contributed by atoms with Crippen molar-refractivity contribution in [3.63, 3.8) is 0 Å². The fourth-order valence-electron chi connectivity index (χ4n) is 1.73. The molecule has 0 spiro atoms. The number of ether oxygens (including phenoxy) is 1. The number of hydrogen-bond acceptors (Lipinski definition) is 3. The zero-order valence-electron chi connectivity index (χ0n) is 9.25. The van der Waals surface area contributed by atoms with E-state index in [9.17, 15) is 9.59 Å². The summed E-state index contributed by atoms with van der Waals surface area (Å²) in [4.78, 5) is 21.6. The van der Waals surface area contributed by atoms with Gasteiger partial charge in [0, 0.05) is 13.3 Å². The molecule has 1 aliphatic rings. The van der Waals surface area contributed by atoms with Crippen LogP contribution in [0.15, 0.2) is 11.6 Å². The molecular formula is C12H18O3. The molecule has 0 amide bonds. The number of ketones is 1. The van der Waals surface area contributed by atoms with E-state index < -0.39 is 0 Å². The van der Waals surface area contributed by atoms with Crippen LogP contribution in [0.4, 0.5) is 0 Å². The number of esters is 1. The third-order valence-electron chi connectivity index (χ3n) is 2.48. The smallest absolute Gasteiger partial charge is 0.302 e. The first-order valence-electron chi connectivity index (χ1n) is 5.54. The molecule has 0 unspecified atom stereocenters. The Bertz CT molecular complexity index is 266. The highest BCUT2D eigenvalue weighted by molar-refractivity contribution is 5.91. The number of carbonyl (C=O) groups excluding carboxylic acids is 2. The zero-order chi connectivity index (χ0) is 11.1.